The lowest BCUT2D eigenvalue weighted by molar-refractivity contribution is 0.567. The van der Waals surface area contributed by atoms with Crippen LogP contribution in [0.2, 0.25) is 0 Å². The zero-order chi connectivity index (χ0) is 9.42. The van der Waals surface area contributed by atoms with E-state index in [1.54, 1.807) is 0 Å². The summed E-state index contributed by atoms with van der Waals surface area (Å²) < 4.78 is 0. The highest BCUT2D eigenvalue weighted by Crippen LogP contribution is 2.31. The molecule has 70 valence electrons. The summed E-state index contributed by atoms with van der Waals surface area (Å²) in [5, 5.41) is 0. The Hall–Kier alpha value is -0.820. The summed E-state index contributed by atoms with van der Waals surface area (Å²) in [7, 11) is 0. The van der Waals surface area contributed by atoms with Crippen molar-refractivity contribution in [3.8, 4) is 0 Å². The van der Waals surface area contributed by atoms with E-state index in [-0.39, 0.29) is 6.04 Å². The Morgan fingerprint density at radius 2 is 2.08 bits per heavy atom. The van der Waals surface area contributed by atoms with E-state index in [0.29, 0.717) is 0 Å². The summed E-state index contributed by atoms with van der Waals surface area (Å²) in [6, 6.07) is 4.74. The maximum atomic E-state index is 6.12. The Labute approximate surface area is 80.0 Å². The van der Waals surface area contributed by atoms with E-state index in [9.17, 15) is 0 Å². The van der Waals surface area contributed by atoms with Crippen LogP contribution in [0.5, 0.6) is 0 Å². The molecule has 2 N–H and O–H groups in total. The van der Waals surface area contributed by atoms with Gasteiger partial charge in [0.15, 0.2) is 0 Å². The molecule has 0 saturated carbocycles. The predicted molar refractivity (Wildman–Crippen MR) is 55.8 cm³/mol. The van der Waals surface area contributed by atoms with Crippen molar-refractivity contribution in [1.29, 1.82) is 0 Å². The lowest BCUT2D eigenvalue weighted by Crippen LogP contribution is -2.19. The summed E-state index contributed by atoms with van der Waals surface area (Å²) in [4.78, 5) is 0. The van der Waals surface area contributed by atoms with Gasteiger partial charge in [-0.1, -0.05) is 12.1 Å². The van der Waals surface area contributed by atoms with Crippen molar-refractivity contribution in [3.05, 3.63) is 34.4 Å². The number of rotatable bonds is 0. The number of aryl methyl sites for hydroxylation is 2. The van der Waals surface area contributed by atoms with Crippen molar-refractivity contribution < 1.29 is 0 Å². The molecule has 0 heterocycles. The van der Waals surface area contributed by atoms with Crippen LogP contribution in [-0.4, -0.2) is 0 Å². The number of fused-ring (bicyclic) bond motifs is 1. The lowest BCUT2D eigenvalue weighted by Gasteiger charge is -2.25. The second kappa shape index (κ2) is 3.15. The van der Waals surface area contributed by atoms with Gasteiger partial charge in [-0.15, -0.1) is 0 Å². The molecule has 13 heavy (non-hydrogen) atoms. The van der Waals surface area contributed by atoms with Gasteiger partial charge in [-0.2, -0.15) is 0 Å². The zero-order valence-corrected chi connectivity index (χ0v) is 8.43. The summed E-state index contributed by atoms with van der Waals surface area (Å²) in [5.74, 6) is 0. The molecule has 0 aliphatic heterocycles. The largest absolute Gasteiger partial charge is 0.324 e. The van der Waals surface area contributed by atoms with Crippen molar-refractivity contribution in [2.45, 2.75) is 39.2 Å². The monoisotopic (exact) mass is 175 g/mol. The van der Waals surface area contributed by atoms with Crippen molar-refractivity contribution in [2.75, 3.05) is 0 Å². The van der Waals surface area contributed by atoms with Crippen LogP contribution in [0.15, 0.2) is 12.1 Å². The fourth-order valence-electron chi connectivity index (χ4n) is 2.28. The Kier molecular flexibility index (Phi) is 2.12. The fraction of sp³-hybridized carbons (Fsp3) is 0.500. The van der Waals surface area contributed by atoms with Gasteiger partial charge in [0, 0.05) is 6.04 Å². The van der Waals surface area contributed by atoms with Crippen molar-refractivity contribution in [3.63, 3.8) is 0 Å². The van der Waals surface area contributed by atoms with Crippen molar-refractivity contribution in [1.82, 2.24) is 0 Å². The second-order valence-electron chi connectivity index (χ2n) is 4.08. The number of hydrogen-bond acceptors (Lipinski definition) is 1. The molecule has 0 fully saturated rings. The number of hydrogen-bond donors (Lipinski definition) is 1. The number of nitrogens with two attached hydrogens (primary N) is 1. The minimum absolute atomic E-state index is 0.281. The molecule has 1 heteroatoms. The molecule has 1 aromatic carbocycles. The molecule has 0 aromatic heterocycles. The maximum absolute atomic E-state index is 6.12. The first-order valence-corrected chi connectivity index (χ1v) is 5.04. The molecular formula is C12H17N. The van der Waals surface area contributed by atoms with E-state index in [2.05, 4.69) is 26.0 Å². The average Bonchev–Trinajstić information content (AvgIpc) is 2.12. The smallest absolute Gasteiger partial charge is 0.0300 e. The van der Waals surface area contributed by atoms with Gasteiger partial charge in [0.25, 0.3) is 0 Å². The first kappa shape index (κ1) is 8.76. The second-order valence-corrected chi connectivity index (χ2v) is 4.08. The molecule has 2 rings (SSSR count). The zero-order valence-electron chi connectivity index (χ0n) is 8.43. The highest BCUT2D eigenvalue weighted by atomic mass is 14.6. The van der Waals surface area contributed by atoms with Gasteiger partial charge in [-0.05, 0) is 55.4 Å². The van der Waals surface area contributed by atoms with Crippen LogP contribution in [0.4, 0.5) is 0 Å². The fourth-order valence-corrected chi connectivity index (χ4v) is 2.28. The number of benzene rings is 1. The topological polar surface area (TPSA) is 26.0 Å². The quantitative estimate of drug-likeness (QED) is 0.644. The van der Waals surface area contributed by atoms with Gasteiger partial charge < -0.3 is 5.73 Å². The molecule has 0 spiro atoms. The van der Waals surface area contributed by atoms with Gasteiger partial charge in [0.05, 0.1) is 0 Å². The van der Waals surface area contributed by atoms with E-state index < -0.39 is 0 Å². The molecule has 0 saturated heterocycles. The molecule has 1 atom stereocenters. The van der Waals surface area contributed by atoms with E-state index in [4.69, 9.17) is 5.73 Å². The highest BCUT2D eigenvalue weighted by molar-refractivity contribution is 5.42. The van der Waals surface area contributed by atoms with E-state index in [0.717, 1.165) is 6.42 Å². The Morgan fingerprint density at radius 1 is 1.31 bits per heavy atom. The lowest BCUT2D eigenvalue weighted by atomic mass is 9.84. The van der Waals surface area contributed by atoms with Gasteiger partial charge in [0.1, 0.15) is 0 Å². The Balaban J connectivity index is 2.58. The van der Waals surface area contributed by atoms with Gasteiger partial charge in [-0.3, -0.25) is 0 Å². The molecule has 0 amide bonds. The summed E-state index contributed by atoms with van der Waals surface area (Å²) in [6.07, 6.45) is 3.61. The molecular weight excluding hydrogens is 158 g/mol. The van der Waals surface area contributed by atoms with Crippen molar-refractivity contribution in [2.24, 2.45) is 5.73 Å². The maximum Gasteiger partial charge on any atom is 0.0300 e. The van der Waals surface area contributed by atoms with Crippen molar-refractivity contribution >= 4 is 0 Å². The molecule has 1 nitrogen and oxygen atoms in total. The van der Waals surface area contributed by atoms with E-state index in [1.807, 2.05) is 0 Å². The molecule has 1 aliphatic rings. The third-order valence-electron chi connectivity index (χ3n) is 3.21. The SMILES string of the molecule is Cc1ccc2c(c1C)C(N)CCC2. The molecule has 0 radical (unpaired) electrons. The van der Waals surface area contributed by atoms with Crippen LogP contribution in [-0.2, 0) is 6.42 Å². The normalized spacial score (nSPS) is 21.3. The summed E-state index contributed by atoms with van der Waals surface area (Å²) >= 11 is 0. The minimum atomic E-state index is 0.281. The highest BCUT2D eigenvalue weighted by Gasteiger charge is 2.18. The summed E-state index contributed by atoms with van der Waals surface area (Å²) in [5.41, 5.74) is 11.8. The standard InChI is InChI=1S/C12H17N/c1-8-6-7-10-4-3-5-11(13)12(10)9(8)2/h6-7,11H,3-5,13H2,1-2H3. The van der Waals surface area contributed by atoms with Crippen LogP contribution < -0.4 is 5.73 Å². The summed E-state index contributed by atoms with van der Waals surface area (Å²) in [6.45, 7) is 4.36. The minimum Gasteiger partial charge on any atom is -0.324 e. The van der Waals surface area contributed by atoms with Gasteiger partial charge in [-0.25, -0.2) is 0 Å². The molecule has 1 aromatic rings. The molecule has 1 unspecified atom stereocenters. The Morgan fingerprint density at radius 3 is 2.85 bits per heavy atom. The third-order valence-corrected chi connectivity index (χ3v) is 3.21. The van der Waals surface area contributed by atoms with Crippen LogP contribution in [0, 0.1) is 13.8 Å². The van der Waals surface area contributed by atoms with E-state index >= 15 is 0 Å². The Bertz CT molecular complexity index is 328. The van der Waals surface area contributed by atoms with Gasteiger partial charge in [0.2, 0.25) is 0 Å². The third kappa shape index (κ3) is 1.37. The van der Waals surface area contributed by atoms with Crippen LogP contribution in [0.3, 0.4) is 0 Å². The molecule has 1 aliphatic carbocycles. The average molecular weight is 175 g/mol. The predicted octanol–water partition coefficient (Wildman–Crippen LogP) is 2.64. The van der Waals surface area contributed by atoms with Crippen LogP contribution >= 0.6 is 0 Å². The first-order chi connectivity index (χ1) is 6.20. The van der Waals surface area contributed by atoms with Crippen LogP contribution in [0.25, 0.3) is 0 Å². The van der Waals surface area contributed by atoms with Crippen LogP contribution in [0.1, 0.15) is 41.1 Å². The van der Waals surface area contributed by atoms with Gasteiger partial charge >= 0.3 is 0 Å². The molecule has 0 bridgehead atoms. The van der Waals surface area contributed by atoms with E-state index in [1.165, 1.54) is 35.1 Å². The first-order valence-electron chi connectivity index (χ1n) is 5.04.